The summed E-state index contributed by atoms with van der Waals surface area (Å²) in [5.74, 6) is -0.166. The van der Waals surface area contributed by atoms with E-state index in [9.17, 15) is 24.4 Å². The lowest BCUT2D eigenvalue weighted by Gasteiger charge is -2.69. The molecule has 4 fully saturated rings. The van der Waals surface area contributed by atoms with Crippen LogP contribution in [0.5, 0.6) is 0 Å². The first-order valence-electron chi connectivity index (χ1n) is 15.3. The quantitative estimate of drug-likeness (QED) is 0.371. The van der Waals surface area contributed by atoms with Crippen molar-refractivity contribution in [2.45, 2.75) is 112 Å². The summed E-state index contributed by atoms with van der Waals surface area (Å²) >= 11 is 0. The van der Waals surface area contributed by atoms with Gasteiger partial charge in [0.05, 0.1) is 5.57 Å². The van der Waals surface area contributed by atoms with Crippen LogP contribution >= 0.6 is 0 Å². The number of Topliss-reactive ketones (excluding diaryl/α,β-unsaturated/α-hetero) is 1. The third-order valence-electron chi connectivity index (χ3n) is 13.6. The zero-order chi connectivity index (χ0) is 29.3. The van der Waals surface area contributed by atoms with Gasteiger partial charge >= 0.3 is 0 Å². The zero-order valence-corrected chi connectivity index (χ0v) is 25.3. The summed E-state index contributed by atoms with van der Waals surface area (Å²) in [4.78, 5) is 55.0. The molecule has 40 heavy (non-hydrogen) atoms. The fraction of sp³-hybridized carbons (Fsp3) is 0.735. The summed E-state index contributed by atoms with van der Waals surface area (Å²) in [6, 6.07) is 2.18. The highest BCUT2D eigenvalue weighted by atomic mass is 16.2. The molecule has 0 aromatic rings. The van der Waals surface area contributed by atoms with Gasteiger partial charge in [0.2, 0.25) is 11.8 Å². The van der Waals surface area contributed by atoms with Crippen LogP contribution in [0.1, 0.15) is 106 Å². The third-order valence-corrected chi connectivity index (χ3v) is 13.6. The number of allylic oxidation sites excluding steroid dienone is 4. The van der Waals surface area contributed by atoms with Crippen molar-refractivity contribution in [2.24, 2.45) is 44.8 Å². The summed E-state index contributed by atoms with van der Waals surface area (Å²) < 4.78 is 0. The van der Waals surface area contributed by atoms with Crippen molar-refractivity contribution in [1.29, 1.82) is 5.26 Å². The van der Waals surface area contributed by atoms with Gasteiger partial charge in [-0.15, -0.1) is 0 Å². The molecule has 6 heteroatoms. The lowest BCUT2D eigenvalue weighted by atomic mass is 9.34. The molecule has 6 aliphatic rings. The van der Waals surface area contributed by atoms with Crippen molar-refractivity contribution in [2.75, 3.05) is 0 Å². The predicted octanol–water partition coefficient (Wildman–Crippen LogP) is 6.11. The maximum Gasteiger partial charge on any atom is 0.230 e. The Balaban J connectivity index is 1.47. The second-order valence-electron chi connectivity index (χ2n) is 15.9. The van der Waals surface area contributed by atoms with Crippen LogP contribution in [0.4, 0.5) is 0 Å². The molecule has 6 nitrogen and oxygen atoms in total. The summed E-state index contributed by atoms with van der Waals surface area (Å²) in [5, 5.41) is 9.91. The Labute approximate surface area is 238 Å². The van der Waals surface area contributed by atoms with Gasteiger partial charge in [-0.05, 0) is 86.0 Å². The normalized spacial score (nSPS) is 47.9. The molecule has 2 amide bonds. The Morgan fingerprint density at radius 1 is 0.875 bits per heavy atom. The van der Waals surface area contributed by atoms with E-state index in [-0.39, 0.29) is 75.8 Å². The molecule has 5 aliphatic carbocycles. The maximum atomic E-state index is 14.5. The van der Waals surface area contributed by atoms with Gasteiger partial charge in [0.15, 0.2) is 11.6 Å². The molecule has 1 heterocycles. The van der Waals surface area contributed by atoms with Gasteiger partial charge in [-0.2, -0.15) is 5.26 Å². The number of hydrogen-bond acceptors (Lipinski definition) is 5. The molecule has 8 atom stereocenters. The second kappa shape index (κ2) is 8.05. The lowest BCUT2D eigenvalue weighted by molar-refractivity contribution is -0.174. The first-order chi connectivity index (χ1) is 18.5. The Kier molecular flexibility index (Phi) is 5.55. The smallest absolute Gasteiger partial charge is 0.230 e. The third kappa shape index (κ3) is 3.16. The monoisotopic (exact) mass is 544 g/mol. The number of ketones is 2. The minimum absolute atomic E-state index is 0.0128. The molecule has 0 radical (unpaired) electrons. The highest BCUT2D eigenvalue weighted by Crippen LogP contribution is 2.74. The second-order valence-corrected chi connectivity index (χ2v) is 15.9. The Bertz CT molecular complexity index is 1350. The molecule has 3 saturated carbocycles. The van der Waals surface area contributed by atoms with Gasteiger partial charge in [-0.1, -0.05) is 53.2 Å². The maximum absolute atomic E-state index is 14.5. The Hall–Kier alpha value is -2.55. The number of imide groups is 1. The number of fused-ring (bicyclic) bond motifs is 7. The van der Waals surface area contributed by atoms with E-state index in [0.717, 1.165) is 44.1 Å². The van der Waals surface area contributed by atoms with Crippen molar-refractivity contribution in [3.05, 3.63) is 23.3 Å². The van der Waals surface area contributed by atoms with Crippen molar-refractivity contribution < 1.29 is 19.2 Å². The molecule has 0 aromatic heterocycles. The van der Waals surface area contributed by atoms with Gasteiger partial charge in [0.25, 0.3) is 0 Å². The lowest BCUT2D eigenvalue weighted by Crippen LogP contribution is -2.66. The number of nitriles is 1. The van der Waals surface area contributed by atoms with Crippen LogP contribution in [0.15, 0.2) is 23.3 Å². The number of carbonyl (C=O) groups is 4. The topological polar surface area (TPSA) is 95.3 Å². The standard InChI is InChI=1S/C34H44N2O4/c1-29(2)23-10-11-33(6)24(32(23,5)17-20(19-35)28(29)40)16-22(37)27-21-18-31(4,36-25(38)8-9-26(36)39)14-12-30(21,3)13-15-34(27,33)7/h16-17,21,23,27H,8-15,18H2,1-7H3/t21-,23-,27-,30+,31-,32-,33+,34+/m0/s1. The van der Waals surface area contributed by atoms with E-state index in [1.54, 1.807) is 4.90 Å². The molecule has 1 saturated heterocycles. The van der Waals surface area contributed by atoms with Crippen LogP contribution in [0, 0.1) is 56.2 Å². The van der Waals surface area contributed by atoms with Crippen molar-refractivity contribution in [1.82, 2.24) is 4.90 Å². The minimum atomic E-state index is -0.678. The highest BCUT2D eigenvalue weighted by Gasteiger charge is 2.69. The summed E-state index contributed by atoms with van der Waals surface area (Å²) in [5.41, 5.74) is -1.04. The fourth-order valence-corrected chi connectivity index (χ4v) is 11.1. The van der Waals surface area contributed by atoms with Crippen LogP contribution in [-0.4, -0.2) is 33.8 Å². The van der Waals surface area contributed by atoms with Crippen LogP contribution in [0.25, 0.3) is 0 Å². The van der Waals surface area contributed by atoms with Gasteiger partial charge < -0.3 is 0 Å². The van der Waals surface area contributed by atoms with E-state index in [4.69, 9.17) is 0 Å². The van der Waals surface area contributed by atoms with Gasteiger partial charge in [-0.25, -0.2) is 0 Å². The molecule has 0 bridgehead atoms. The Morgan fingerprint density at radius 2 is 1.50 bits per heavy atom. The molecule has 1 aliphatic heterocycles. The van der Waals surface area contributed by atoms with Crippen LogP contribution in [0.2, 0.25) is 0 Å². The van der Waals surface area contributed by atoms with E-state index < -0.39 is 16.4 Å². The minimum Gasteiger partial charge on any atom is -0.295 e. The molecule has 0 aromatic carbocycles. The first-order valence-corrected chi connectivity index (χ1v) is 15.3. The molecule has 0 spiro atoms. The largest absolute Gasteiger partial charge is 0.295 e. The van der Waals surface area contributed by atoms with Crippen molar-refractivity contribution in [3.63, 3.8) is 0 Å². The van der Waals surface area contributed by atoms with E-state index >= 15 is 0 Å². The van der Waals surface area contributed by atoms with E-state index in [0.29, 0.717) is 6.42 Å². The van der Waals surface area contributed by atoms with Crippen molar-refractivity contribution >= 4 is 23.4 Å². The van der Waals surface area contributed by atoms with Crippen LogP contribution in [-0.2, 0) is 19.2 Å². The number of rotatable bonds is 1. The molecule has 6 rings (SSSR count). The SMILES string of the molecule is CC1(C)C(=O)C(C#N)=C[C@]2(C)C3=CC(=O)[C@@H]4[C@@H]5C[C@@](C)(N6C(=O)CCC6=O)CC[C@]5(C)CC[C@@]4(C)[C@]3(C)CC[C@@H]12. The van der Waals surface area contributed by atoms with E-state index in [1.807, 2.05) is 26.0 Å². The average Bonchev–Trinajstić information content (AvgIpc) is 3.22. The molecule has 214 valence electrons. The van der Waals surface area contributed by atoms with Crippen molar-refractivity contribution in [3.8, 4) is 6.07 Å². The number of likely N-dealkylation sites (tertiary alicyclic amines) is 1. The van der Waals surface area contributed by atoms with Crippen LogP contribution < -0.4 is 0 Å². The van der Waals surface area contributed by atoms with Gasteiger partial charge in [-0.3, -0.25) is 24.1 Å². The number of amides is 2. The van der Waals surface area contributed by atoms with Crippen LogP contribution in [0.3, 0.4) is 0 Å². The average molecular weight is 545 g/mol. The molecular weight excluding hydrogens is 500 g/mol. The predicted molar refractivity (Wildman–Crippen MR) is 150 cm³/mol. The summed E-state index contributed by atoms with van der Waals surface area (Å²) in [6.07, 6.45) is 10.5. The number of hydrogen-bond donors (Lipinski definition) is 0. The van der Waals surface area contributed by atoms with Gasteiger partial charge in [0, 0.05) is 35.1 Å². The number of carbonyl (C=O) groups excluding carboxylic acids is 4. The Morgan fingerprint density at radius 3 is 2.12 bits per heavy atom. The summed E-state index contributed by atoms with van der Waals surface area (Å²) in [7, 11) is 0. The van der Waals surface area contributed by atoms with E-state index in [2.05, 4.69) is 40.7 Å². The fourth-order valence-electron chi connectivity index (χ4n) is 11.1. The number of nitrogens with zero attached hydrogens (tertiary/aromatic N) is 2. The first kappa shape index (κ1) is 27.6. The van der Waals surface area contributed by atoms with Gasteiger partial charge in [0.1, 0.15) is 6.07 Å². The summed E-state index contributed by atoms with van der Waals surface area (Å²) in [6.45, 7) is 15.1. The van der Waals surface area contributed by atoms with E-state index in [1.165, 1.54) is 0 Å². The molecular formula is C34H44N2O4. The highest BCUT2D eigenvalue weighted by molar-refractivity contribution is 6.05. The molecule has 0 unspecified atom stereocenters. The molecule has 0 N–H and O–H groups in total. The zero-order valence-electron chi connectivity index (χ0n) is 25.3.